The third-order valence-electron chi connectivity index (χ3n) is 8.45. The van der Waals surface area contributed by atoms with Gasteiger partial charge in [0, 0.05) is 28.8 Å². The van der Waals surface area contributed by atoms with Crippen molar-refractivity contribution in [2.75, 3.05) is 13.2 Å². The number of fused-ring (bicyclic) bond motifs is 4. The van der Waals surface area contributed by atoms with Crippen molar-refractivity contribution in [2.45, 2.75) is 50.3 Å². The standard InChI is InChI=1S/C30H28FNO7/c1-14-19(5-7-25(32-14)39-24-13-38-28-23(33)12-37-29(24)28)15-2-6-22(31)17(8-15)11-36-18-3-4-20-16(9-18)10-21-26(20)27(21)30(34)35/h2-9,21,23-24,26-29,33H,10-13H2,1H3,(H,34,35)/t21-,23+,24-,26+,27+,28-,29-/m1/s1. The van der Waals surface area contributed by atoms with E-state index in [1.165, 1.54) is 6.07 Å². The predicted molar refractivity (Wildman–Crippen MR) is 136 cm³/mol. The number of aliphatic hydroxyl groups is 1. The first kappa shape index (κ1) is 24.5. The molecule has 202 valence electrons. The van der Waals surface area contributed by atoms with Gasteiger partial charge >= 0.3 is 5.97 Å². The number of benzene rings is 2. The Kier molecular flexibility index (Phi) is 5.84. The fourth-order valence-electron chi connectivity index (χ4n) is 6.44. The molecule has 0 spiro atoms. The lowest BCUT2D eigenvalue weighted by molar-refractivity contribution is -0.139. The molecule has 0 amide bonds. The second-order valence-electron chi connectivity index (χ2n) is 10.8. The summed E-state index contributed by atoms with van der Waals surface area (Å²) >= 11 is 0. The molecule has 3 heterocycles. The molecule has 1 saturated carbocycles. The van der Waals surface area contributed by atoms with Gasteiger partial charge in [0.25, 0.3) is 0 Å². The highest BCUT2D eigenvalue weighted by Gasteiger charge is 2.59. The van der Waals surface area contributed by atoms with E-state index in [4.69, 9.17) is 18.9 Å². The van der Waals surface area contributed by atoms with Gasteiger partial charge in [0.1, 0.15) is 36.5 Å². The van der Waals surface area contributed by atoms with Crippen LogP contribution in [0.5, 0.6) is 11.6 Å². The predicted octanol–water partition coefficient (Wildman–Crippen LogP) is 3.65. The second kappa shape index (κ2) is 9.29. The van der Waals surface area contributed by atoms with E-state index in [-0.39, 0.29) is 55.1 Å². The van der Waals surface area contributed by atoms with Crippen LogP contribution in [-0.2, 0) is 27.3 Å². The zero-order valence-corrected chi connectivity index (χ0v) is 21.2. The van der Waals surface area contributed by atoms with Gasteiger partial charge < -0.3 is 29.2 Å². The number of rotatable bonds is 7. The highest BCUT2D eigenvalue weighted by atomic mass is 19.1. The molecule has 0 unspecified atom stereocenters. The normalized spacial score (nSPS) is 30.0. The Bertz CT molecular complexity index is 1460. The van der Waals surface area contributed by atoms with E-state index in [2.05, 4.69) is 4.98 Å². The summed E-state index contributed by atoms with van der Waals surface area (Å²) in [6.07, 6.45) is -0.935. The van der Waals surface area contributed by atoms with Gasteiger partial charge in [-0.25, -0.2) is 9.37 Å². The fourth-order valence-corrected chi connectivity index (χ4v) is 6.44. The molecule has 3 fully saturated rings. The zero-order chi connectivity index (χ0) is 26.8. The highest BCUT2D eigenvalue weighted by molar-refractivity contribution is 5.78. The maximum Gasteiger partial charge on any atom is 0.307 e. The molecule has 2 N–H and O–H groups in total. The number of carboxylic acids is 1. The largest absolute Gasteiger partial charge is 0.489 e. The molecule has 7 rings (SSSR count). The molecule has 39 heavy (non-hydrogen) atoms. The first-order valence-corrected chi connectivity index (χ1v) is 13.2. The molecule has 8 nitrogen and oxygen atoms in total. The molecule has 7 atom stereocenters. The zero-order valence-electron chi connectivity index (χ0n) is 21.2. The minimum atomic E-state index is -0.722. The molecular weight excluding hydrogens is 505 g/mol. The van der Waals surface area contributed by atoms with Gasteiger partial charge in [-0.1, -0.05) is 12.1 Å². The van der Waals surface area contributed by atoms with Crippen molar-refractivity contribution in [3.8, 4) is 22.8 Å². The first-order valence-electron chi connectivity index (χ1n) is 13.2. The van der Waals surface area contributed by atoms with Crippen molar-refractivity contribution >= 4 is 5.97 Å². The van der Waals surface area contributed by atoms with Gasteiger partial charge in [0.2, 0.25) is 5.88 Å². The van der Waals surface area contributed by atoms with Crippen molar-refractivity contribution in [1.82, 2.24) is 4.98 Å². The van der Waals surface area contributed by atoms with E-state index in [1.54, 1.807) is 18.2 Å². The lowest BCUT2D eigenvalue weighted by atomic mass is 10.0. The molecule has 9 heteroatoms. The Balaban J connectivity index is 1.03. The van der Waals surface area contributed by atoms with Crippen LogP contribution in [0, 0.1) is 24.6 Å². The topological polar surface area (TPSA) is 107 Å². The number of aryl methyl sites for hydroxylation is 1. The second-order valence-corrected chi connectivity index (χ2v) is 10.8. The Morgan fingerprint density at radius 2 is 1.95 bits per heavy atom. The lowest BCUT2D eigenvalue weighted by Crippen LogP contribution is -2.34. The number of carbonyl (C=O) groups is 1. The van der Waals surface area contributed by atoms with Crippen LogP contribution in [0.25, 0.3) is 11.1 Å². The molecule has 2 aromatic carbocycles. The fraction of sp³-hybridized carbons (Fsp3) is 0.400. The lowest BCUT2D eigenvalue weighted by Gasteiger charge is -2.18. The van der Waals surface area contributed by atoms with Crippen LogP contribution in [0.2, 0.25) is 0 Å². The van der Waals surface area contributed by atoms with E-state index in [0.717, 1.165) is 34.4 Å². The van der Waals surface area contributed by atoms with Gasteiger partial charge in [-0.2, -0.15) is 0 Å². The molecule has 0 bridgehead atoms. The number of pyridine rings is 1. The summed E-state index contributed by atoms with van der Waals surface area (Å²) in [4.78, 5) is 15.9. The van der Waals surface area contributed by atoms with Gasteiger partial charge in [-0.3, -0.25) is 4.79 Å². The molecule has 0 radical (unpaired) electrons. The summed E-state index contributed by atoms with van der Waals surface area (Å²) in [6.45, 7) is 2.49. The SMILES string of the molecule is Cc1nc(O[C@@H]2CO[C@H]3[C@@H]2OC[C@@H]3O)ccc1-c1ccc(F)c(COc2ccc3c(c2)C[C@H]2[C@H](C(=O)O)[C@@H]32)c1. The van der Waals surface area contributed by atoms with Gasteiger partial charge in [-0.05, 0) is 66.3 Å². The average molecular weight is 534 g/mol. The van der Waals surface area contributed by atoms with E-state index in [9.17, 15) is 19.4 Å². The number of hydrogen-bond donors (Lipinski definition) is 2. The molecule has 2 aliphatic carbocycles. The summed E-state index contributed by atoms with van der Waals surface area (Å²) in [7, 11) is 0. The molecule has 4 aliphatic rings. The van der Waals surface area contributed by atoms with Crippen molar-refractivity contribution in [3.63, 3.8) is 0 Å². The van der Waals surface area contributed by atoms with Crippen LogP contribution in [-0.4, -0.2) is 58.8 Å². The molecule has 2 aliphatic heterocycles. The summed E-state index contributed by atoms with van der Waals surface area (Å²) in [5, 5.41) is 19.3. The Labute approximate surface area is 224 Å². The molecule has 1 aromatic heterocycles. The number of hydrogen-bond acceptors (Lipinski definition) is 7. The number of aliphatic hydroxyl groups excluding tert-OH is 1. The monoisotopic (exact) mass is 533 g/mol. The minimum absolute atomic E-state index is 0.0623. The maximum atomic E-state index is 14.7. The van der Waals surface area contributed by atoms with Crippen LogP contribution in [0.4, 0.5) is 4.39 Å². The summed E-state index contributed by atoms with van der Waals surface area (Å²) in [5.41, 5.74) is 5.03. The summed E-state index contributed by atoms with van der Waals surface area (Å²) in [5.74, 6) is 0.0298. The Morgan fingerprint density at radius 1 is 1.10 bits per heavy atom. The Hall–Kier alpha value is -3.53. The van der Waals surface area contributed by atoms with Crippen LogP contribution in [0.3, 0.4) is 0 Å². The maximum absolute atomic E-state index is 14.7. The summed E-state index contributed by atoms with van der Waals surface area (Å²) in [6, 6.07) is 14.3. The average Bonchev–Trinajstić information content (AvgIpc) is 3.16. The minimum Gasteiger partial charge on any atom is -0.489 e. The summed E-state index contributed by atoms with van der Waals surface area (Å²) < 4.78 is 37.9. The third kappa shape index (κ3) is 4.25. The molecule has 3 aromatic rings. The first-order chi connectivity index (χ1) is 18.9. The number of halogens is 1. The van der Waals surface area contributed by atoms with E-state index >= 15 is 0 Å². The van der Waals surface area contributed by atoms with Gasteiger partial charge in [-0.15, -0.1) is 0 Å². The van der Waals surface area contributed by atoms with Crippen molar-refractivity contribution in [3.05, 3.63) is 76.7 Å². The third-order valence-corrected chi connectivity index (χ3v) is 8.45. The highest BCUT2D eigenvalue weighted by Crippen LogP contribution is 2.61. The van der Waals surface area contributed by atoms with Gasteiger partial charge in [0.15, 0.2) is 6.10 Å². The van der Waals surface area contributed by atoms with Crippen molar-refractivity contribution in [2.24, 2.45) is 11.8 Å². The smallest absolute Gasteiger partial charge is 0.307 e. The number of aromatic nitrogens is 1. The Morgan fingerprint density at radius 3 is 2.77 bits per heavy atom. The number of nitrogens with zero attached hydrogens (tertiary/aromatic N) is 1. The quantitative estimate of drug-likeness (QED) is 0.474. The van der Waals surface area contributed by atoms with Crippen LogP contribution < -0.4 is 9.47 Å². The molecular formula is C30H28FNO7. The van der Waals surface area contributed by atoms with E-state index in [0.29, 0.717) is 23.8 Å². The van der Waals surface area contributed by atoms with Crippen LogP contribution in [0.1, 0.15) is 28.3 Å². The van der Waals surface area contributed by atoms with Gasteiger partial charge in [0.05, 0.1) is 19.1 Å². The number of carboxylic acid groups (broad SMARTS) is 1. The molecule has 2 saturated heterocycles. The number of aliphatic carboxylic acids is 1. The van der Waals surface area contributed by atoms with Crippen LogP contribution >= 0.6 is 0 Å². The number of ether oxygens (including phenoxy) is 4. The van der Waals surface area contributed by atoms with E-state index in [1.807, 2.05) is 31.2 Å². The van der Waals surface area contributed by atoms with Crippen molar-refractivity contribution in [1.29, 1.82) is 0 Å². The van der Waals surface area contributed by atoms with Crippen molar-refractivity contribution < 1.29 is 38.3 Å². The van der Waals surface area contributed by atoms with E-state index < -0.39 is 12.1 Å². The van der Waals surface area contributed by atoms with Crippen LogP contribution in [0.15, 0.2) is 48.5 Å².